The number of H-pyrrole nitrogens is 1. The molecule has 2 aromatic rings. The van der Waals surface area contributed by atoms with Gasteiger partial charge in [-0.25, -0.2) is 4.98 Å². The van der Waals surface area contributed by atoms with Gasteiger partial charge in [-0.15, -0.1) is 0 Å². The second-order valence-corrected chi connectivity index (χ2v) is 6.14. The summed E-state index contributed by atoms with van der Waals surface area (Å²) >= 11 is 3.32. The Labute approximate surface area is 125 Å². The fraction of sp³-hybridized carbons (Fsp3) is 0.333. The lowest BCUT2D eigenvalue weighted by Crippen LogP contribution is -2.13. The van der Waals surface area contributed by atoms with Gasteiger partial charge >= 0.3 is 0 Å². The molecule has 3 rings (SSSR count). The molecule has 0 amide bonds. The summed E-state index contributed by atoms with van der Waals surface area (Å²) < 4.78 is 0.538. The monoisotopic (exact) mass is 334 g/mol. The number of hydrogen-bond acceptors (Lipinski definition) is 3. The maximum absolute atomic E-state index is 12.0. The first-order valence-corrected chi connectivity index (χ1v) is 7.37. The molecule has 5 heteroatoms. The van der Waals surface area contributed by atoms with Crippen LogP contribution in [0.5, 0.6) is 5.75 Å². The zero-order chi connectivity index (χ0) is 14.4. The van der Waals surface area contributed by atoms with Crippen LogP contribution in [0.25, 0.3) is 11.4 Å². The lowest BCUT2D eigenvalue weighted by atomic mass is 10.1. The Morgan fingerprint density at radius 2 is 1.90 bits per heavy atom. The van der Waals surface area contributed by atoms with Crippen LogP contribution in [-0.4, -0.2) is 15.1 Å². The van der Waals surface area contributed by atoms with E-state index in [2.05, 4.69) is 25.9 Å². The van der Waals surface area contributed by atoms with Crippen LogP contribution in [0.15, 0.2) is 21.4 Å². The van der Waals surface area contributed by atoms with Crippen molar-refractivity contribution in [3.05, 3.63) is 43.8 Å². The van der Waals surface area contributed by atoms with E-state index in [9.17, 15) is 9.90 Å². The van der Waals surface area contributed by atoms with Crippen LogP contribution in [0.1, 0.15) is 35.6 Å². The van der Waals surface area contributed by atoms with Gasteiger partial charge in [0.1, 0.15) is 16.0 Å². The van der Waals surface area contributed by atoms with Crippen molar-refractivity contribution in [2.45, 2.75) is 32.6 Å². The van der Waals surface area contributed by atoms with Crippen LogP contribution in [0.3, 0.4) is 0 Å². The number of rotatable bonds is 2. The molecular formula is C15H15BrN2O2. The van der Waals surface area contributed by atoms with Crippen LogP contribution in [-0.2, 0) is 0 Å². The van der Waals surface area contributed by atoms with Gasteiger partial charge in [0.15, 0.2) is 0 Å². The molecule has 1 heterocycles. The van der Waals surface area contributed by atoms with E-state index in [1.165, 1.54) is 0 Å². The number of hydrogen-bond donors (Lipinski definition) is 2. The molecule has 0 bridgehead atoms. The van der Waals surface area contributed by atoms with Crippen LogP contribution in [0.4, 0.5) is 0 Å². The second-order valence-electron chi connectivity index (χ2n) is 5.35. The van der Waals surface area contributed by atoms with Crippen LogP contribution in [0, 0.1) is 13.8 Å². The van der Waals surface area contributed by atoms with Gasteiger partial charge in [-0.3, -0.25) is 4.79 Å². The van der Waals surface area contributed by atoms with Gasteiger partial charge in [-0.1, -0.05) is 0 Å². The summed E-state index contributed by atoms with van der Waals surface area (Å²) in [6, 6.07) is 3.68. The Balaban J connectivity index is 2.17. The van der Waals surface area contributed by atoms with Gasteiger partial charge in [-0.2, -0.15) is 0 Å². The fourth-order valence-electron chi connectivity index (χ4n) is 2.33. The topological polar surface area (TPSA) is 66.0 Å². The fourth-order valence-corrected chi connectivity index (χ4v) is 2.84. The van der Waals surface area contributed by atoms with Crippen LogP contribution >= 0.6 is 15.9 Å². The van der Waals surface area contributed by atoms with E-state index in [0.717, 1.165) is 35.2 Å². The minimum Gasteiger partial charge on any atom is -0.507 e. The van der Waals surface area contributed by atoms with E-state index in [1.807, 2.05) is 26.0 Å². The Kier molecular flexibility index (Phi) is 3.17. The third-order valence-electron chi connectivity index (χ3n) is 3.62. The molecule has 1 aromatic carbocycles. The summed E-state index contributed by atoms with van der Waals surface area (Å²) in [6.07, 6.45) is 2.17. The minimum absolute atomic E-state index is 0.153. The number of aromatic amines is 1. The lowest BCUT2D eigenvalue weighted by Gasteiger charge is -2.09. The molecule has 0 spiro atoms. The zero-order valence-electron chi connectivity index (χ0n) is 11.3. The summed E-state index contributed by atoms with van der Waals surface area (Å²) in [4.78, 5) is 19.4. The minimum atomic E-state index is -0.153. The molecule has 0 aliphatic heterocycles. The maximum Gasteiger partial charge on any atom is 0.265 e. The van der Waals surface area contributed by atoms with Crippen molar-refractivity contribution >= 4 is 15.9 Å². The quantitative estimate of drug-likeness (QED) is 0.884. The Morgan fingerprint density at radius 1 is 1.30 bits per heavy atom. The number of aromatic nitrogens is 2. The molecule has 4 nitrogen and oxygen atoms in total. The largest absolute Gasteiger partial charge is 0.507 e. The number of aromatic hydroxyl groups is 1. The SMILES string of the molecule is Cc1cc(-c2nc(C3CC3)c(Br)c(=O)[nH]2)cc(C)c1O. The van der Waals surface area contributed by atoms with E-state index in [0.29, 0.717) is 16.2 Å². The molecule has 2 N–H and O–H groups in total. The number of benzene rings is 1. The normalized spacial score (nSPS) is 14.6. The highest BCUT2D eigenvalue weighted by Crippen LogP contribution is 2.41. The van der Waals surface area contributed by atoms with Gasteiger partial charge < -0.3 is 10.1 Å². The molecular weight excluding hydrogens is 320 g/mol. The van der Waals surface area contributed by atoms with E-state index >= 15 is 0 Å². The van der Waals surface area contributed by atoms with Crippen LogP contribution < -0.4 is 5.56 Å². The molecule has 1 aliphatic carbocycles. The van der Waals surface area contributed by atoms with Crippen molar-refractivity contribution in [1.82, 2.24) is 9.97 Å². The van der Waals surface area contributed by atoms with Crippen molar-refractivity contribution in [2.24, 2.45) is 0 Å². The molecule has 20 heavy (non-hydrogen) atoms. The van der Waals surface area contributed by atoms with Gasteiger partial charge in [0.2, 0.25) is 0 Å². The van der Waals surface area contributed by atoms with Crippen molar-refractivity contribution in [2.75, 3.05) is 0 Å². The molecule has 104 valence electrons. The highest BCUT2D eigenvalue weighted by atomic mass is 79.9. The Morgan fingerprint density at radius 3 is 2.45 bits per heavy atom. The second kappa shape index (κ2) is 4.74. The maximum atomic E-state index is 12.0. The summed E-state index contributed by atoms with van der Waals surface area (Å²) in [5, 5.41) is 9.83. The first-order chi connectivity index (χ1) is 9.47. The van der Waals surface area contributed by atoms with Gasteiger partial charge in [-0.05, 0) is 65.9 Å². The predicted octanol–water partition coefficient (Wildman–Crippen LogP) is 3.40. The van der Waals surface area contributed by atoms with E-state index in [1.54, 1.807) is 0 Å². The Bertz CT molecular complexity index is 725. The van der Waals surface area contributed by atoms with E-state index in [-0.39, 0.29) is 11.3 Å². The number of nitrogens with zero attached hydrogens (tertiary/aromatic N) is 1. The number of nitrogens with one attached hydrogen (secondary N) is 1. The third-order valence-corrected chi connectivity index (χ3v) is 4.38. The van der Waals surface area contributed by atoms with Crippen molar-refractivity contribution in [3.63, 3.8) is 0 Å². The summed E-state index contributed by atoms with van der Waals surface area (Å²) in [5.74, 6) is 1.24. The average Bonchev–Trinajstić information content (AvgIpc) is 3.22. The van der Waals surface area contributed by atoms with Crippen molar-refractivity contribution < 1.29 is 5.11 Å². The molecule has 0 unspecified atom stereocenters. The van der Waals surface area contributed by atoms with Gasteiger partial charge in [0.25, 0.3) is 5.56 Å². The molecule has 0 radical (unpaired) electrons. The molecule has 0 atom stereocenters. The van der Waals surface area contributed by atoms with Crippen molar-refractivity contribution in [3.8, 4) is 17.1 Å². The zero-order valence-corrected chi connectivity index (χ0v) is 12.9. The molecule has 1 aliphatic rings. The summed E-state index contributed by atoms with van der Waals surface area (Å²) in [7, 11) is 0. The highest BCUT2D eigenvalue weighted by Gasteiger charge is 2.29. The summed E-state index contributed by atoms with van der Waals surface area (Å²) in [6.45, 7) is 3.68. The molecule has 1 aromatic heterocycles. The number of phenolic OH excluding ortho intramolecular Hbond substituents is 1. The first-order valence-electron chi connectivity index (χ1n) is 6.57. The van der Waals surface area contributed by atoms with Gasteiger partial charge in [0.05, 0.1) is 5.69 Å². The number of aryl methyl sites for hydroxylation is 2. The van der Waals surface area contributed by atoms with Crippen molar-refractivity contribution in [1.29, 1.82) is 0 Å². The van der Waals surface area contributed by atoms with E-state index in [4.69, 9.17) is 0 Å². The first kappa shape index (κ1) is 13.4. The highest BCUT2D eigenvalue weighted by molar-refractivity contribution is 9.10. The summed E-state index contributed by atoms with van der Waals surface area (Å²) in [5.41, 5.74) is 3.06. The number of halogens is 1. The Hall–Kier alpha value is -1.62. The van der Waals surface area contributed by atoms with E-state index < -0.39 is 0 Å². The van der Waals surface area contributed by atoms with Gasteiger partial charge in [0, 0.05) is 11.5 Å². The predicted molar refractivity (Wildman–Crippen MR) is 81.1 cm³/mol. The standard InChI is InChI=1S/C15H15BrN2O2/c1-7-5-10(6-8(2)13(7)19)14-17-12(9-3-4-9)11(16)15(20)18-14/h5-6,9,19H,3-4H2,1-2H3,(H,17,18,20). The lowest BCUT2D eigenvalue weighted by molar-refractivity contribution is 0.467. The smallest absolute Gasteiger partial charge is 0.265 e. The molecule has 1 fully saturated rings. The number of phenols is 1. The molecule has 0 saturated heterocycles. The molecule has 1 saturated carbocycles. The van der Waals surface area contributed by atoms with Crippen LogP contribution in [0.2, 0.25) is 0 Å². The third kappa shape index (κ3) is 2.26. The average molecular weight is 335 g/mol.